The molecule has 3 heteroatoms. The maximum atomic E-state index is 13.3. The summed E-state index contributed by atoms with van der Waals surface area (Å²) in [5, 5.41) is 0. The normalized spacial score (nSPS) is 11.0. The van der Waals surface area contributed by atoms with Crippen molar-refractivity contribution >= 4 is 0 Å². The maximum Gasteiger partial charge on any atom is 0.165 e. The van der Waals surface area contributed by atoms with E-state index in [2.05, 4.69) is 0 Å². The van der Waals surface area contributed by atoms with E-state index < -0.39 is 17.5 Å². The molecule has 0 aromatic heterocycles. The van der Waals surface area contributed by atoms with E-state index in [1.807, 2.05) is 0 Å². The predicted octanol–water partition coefficient (Wildman–Crippen LogP) is 3.54. The van der Waals surface area contributed by atoms with E-state index in [1.165, 1.54) is 6.92 Å². The van der Waals surface area contributed by atoms with Gasteiger partial charge in [-0.3, -0.25) is 0 Å². The average Bonchev–Trinajstić information content (AvgIpc) is 2.01. The van der Waals surface area contributed by atoms with Gasteiger partial charge in [0.15, 0.2) is 11.6 Å². The second kappa shape index (κ2) is 3.40. The number of aryl methyl sites for hydroxylation is 1. The van der Waals surface area contributed by atoms with E-state index in [1.54, 1.807) is 13.8 Å². The van der Waals surface area contributed by atoms with Crippen molar-refractivity contribution in [2.75, 3.05) is 0 Å². The predicted molar refractivity (Wildman–Crippen MR) is 45.1 cm³/mol. The highest BCUT2D eigenvalue weighted by molar-refractivity contribution is 5.29. The molecule has 0 radical (unpaired) electrons. The highest BCUT2D eigenvalue weighted by Gasteiger charge is 2.18. The zero-order valence-electron chi connectivity index (χ0n) is 7.79. The third kappa shape index (κ3) is 1.69. The Bertz CT molecular complexity index is 303. The fourth-order valence-corrected chi connectivity index (χ4v) is 1.26. The van der Waals surface area contributed by atoms with Crippen LogP contribution in [-0.4, -0.2) is 0 Å². The molecule has 0 spiro atoms. The van der Waals surface area contributed by atoms with Crippen LogP contribution >= 0.6 is 0 Å². The molecule has 0 heterocycles. The Kier molecular flexibility index (Phi) is 2.64. The molecule has 0 saturated heterocycles. The van der Waals surface area contributed by atoms with Crippen LogP contribution in [0.2, 0.25) is 0 Å². The topological polar surface area (TPSA) is 0 Å². The van der Waals surface area contributed by atoms with Crippen molar-refractivity contribution in [3.63, 3.8) is 0 Å². The molecule has 0 N–H and O–H groups in total. The van der Waals surface area contributed by atoms with Crippen LogP contribution in [0.25, 0.3) is 0 Å². The van der Waals surface area contributed by atoms with E-state index in [0.29, 0.717) is 0 Å². The van der Waals surface area contributed by atoms with Crippen LogP contribution in [-0.2, 0) is 0 Å². The lowest BCUT2D eigenvalue weighted by Crippen LogP contribution is -2.03. The van der Waals surface area contributed by atoms with Gasteiger partial charge in [-0.25, -0.2) is 13.2 Å². The van der Waals surface area contributed by atoms with Gasteiger partial charge in [-0.15, -0.1) is 0 Å². The lowest BCUT2D eigenvalue weighted by molar-refractivity contribution is 0.469. The van der Waals surface area contributed by atoms with Crippen molar-refractivity contribution in [3.8, 4) is 0 Å². The van der Waals surface area contributed by atoms with Gasteiger partial charge in [-0.1, -0.05) is 13.8 Å². The first kappa shape index (κ1) is 10.1. The van der Waals surface area contributed by atoms with Gasteiger partial charge in [0.2, 0.25) is 0 Å². The summed E-state index contributed by atoms with van der Waals surface area (Å²) in [6.45, 7) is 4.67. The van der Waals surface area contributed by atoms with Crippen molar-refractivity contribution in [1.29, 1.82) is 0 Å². The molecular formula is C10H11F3. The van der Waals surface area contributed by atoms with E-state index in [0.717, 1.165) is 6.07 Å². The summed E-state index contributed by atoms with van der Waals surface area (Å²) in [6.07, 6.45) is 0. The molecule has 1 rings (SSSR count). The van der Waals surface area contributed by atoms with Crippen LogP contribution in [0.15, 0.2) is 6.07 Å². The van der Waals surface area contributed by atoms with Gasteiger partial charge in [0.05, 0.1) is 0 Å². The number of hydrogen-bond donors (Lipinski definition) is 0. The Balaban J connectivity index is 3.46. The highest BCUT2D eigenvalue weighted by Crippen LogP contribution is 2.26. The van der Waals surface area contributed by atoms with Crippen LogP contribution in [0, 0.1) is 24.4 Å². The van der Waals surface area contributed by atoms with Gasteiger partial charge in [-0.2, -0.15) is 0 Å². The lowest BCUT2D eigenvalue weighted by atomic mass is 9.99. The summed E-state index contributed by atoms with van der Waals surface area (Å²) in [5.41, 5.74) is -0.0277. The van der Waals surface area contributed by atoms with Crippen LogP contribution in [0.5, 0.6) is 0 Å². The third-order valence-electron chi connectivity index (χ3n) is 1.95. The summed E-state index contributed by atoms with van der Waals surface area (Å²) in [6, 6.07) is 0.872. The minimum Gasteiger partial charge on any atom is -0.206 e. The summed E-state index contributed by atoms with van der Waals surface area (Å²) >= 11 is 0. The second-order valence-corrected chi connectivity index (χ2v) is 3.37. The van der Waals surface area contributed by atoms with Gasteiger partial charge in [0.25, 0.3) is 0 Å². The molecule has 0 bridgehead atoms. The first-order chi connectivity index (χ1) is 5.95. The minimum atomic E-state index is -1.07. The Labute approximate surface area is 75.4 Å². The van der Waals surface area contributed by atoms with Gasteiger partial charge < -0.3 is 0 Å². The first-order valence-corrected chi connectivity index (χ1v) is 4.09. The average molecular weight is 188 g/mol. The first-order valence-electron chi connectivity index (χ1n) is 4.09. The summed E-state index contributed by atoms with van der Waals surface area (Å²) < 4.78 is 39.2. The fourth-order valence-electron chi connectivity index (χ4n) is 1.26. The van der Waals surface area contributed by atoms with E-state index in [-0.39, 0.29) is 17.0 Å². The number of halogens is 3. The standard InChI is InChI=1S/C10H11F3/c1-5(2)8-9(12)6(3)4-7(11)10(8)13/h4-5H,1-3H3. The van der Waals surface area contributed by atoms with E-state index in [4.69, 9.17) is 0 Å². The molecule has 0 aliphatic heterocycles. The molecule has 13 heavy (non-hydrogen) atoms. The zero-order valence-corrected chi connectivity index (χ0v) is 7.79. The Morgan fingerprint density at radius 1 is 1.08 bits per heavy atom. The van der Waals surface area contributed by atoms with Crippen LogP contribution in [0.4, 0.5) is 13.2 Å². The minimum absolute atomic E-state index is 0.141. The summed E-state index contributed by atoms with van der Waals surface area (Å²) in [5.74, 6) is -3.05. The molecule has 0 aliphatic rings. The molecule has 0 unspecified atom stereocenters. The van der Waals surface area contributed by atoms with Gasteiger partial charge in [0.1, 0.15) is 5.82 Å². The lowest BCUT2D eigenvalue weighted by Gasteiger charge is -2.10. The van der Waals surface area contributed by atoms with Crippen molar-refractivity contribution < 1.29 is 13.2 Å². The molecule has 72 valence electrons. The largest absolute Gasteiger partial charge is 0.206 e. The molecule has 0 aliphatic carbocycles. The van der Waals surface area contributed by atoms with Gasteiger partial charge in [-0.05, 0) is 24.5 Å². The van der Waals surface area contributed by atoms with Crippen molar-refractivity contribution in [3.05, 3.63) is 34.6 Å². The third-order valence-corrected chi connectivity index (χ3v) is 1.95. The highest BCUT2D eigenvalue weighted by atomic mass is 19.2. The quantitative estimate of drug-likeness (QED) is 0.591. The fraction of sp³-hybridized carbons (Fsp3) is 0.400. The van der Waals surface area contributed by atoms with E-state index in [9.17, 15) is 13.2 Å². The molecular weight excluding hydrogens is 177 g/mol. The monoisotopic (exact) mass is 188 g/mol. The molecule has 0 amide bonds. The summed E-state index contributed by atoms with van der Waals surface area (Å²) in [7, 11) is 0. The molecule has 0 nitrogen and oxygen atoms in total. The maximum absolute atomic E-state index is 13.3. The van der Waals surface area contributed by atoms with Gasteiger partial charge in [0, 0.05) is 5.56 Å². The number of benzene rings is 1. The number of hydrogen-bond acceptors (Lipinski definition) is 0. The zero-order chi connectivity index (χ0) is 10.2. The van der Waals surface area contributed by atoms with Crippen molar-refractivity contribution in [1.82, 2.24) is 0 Å². The Morgan fingerprint density at radius 2 is 1.62 bits per heavy atom. The molecule has 1 aromatic rings. The van der Waals surface area contributed by atoms with Crippen molar-refractivity contribution in [2.24, 2.45) is 0 Å². The molecule has 0 saturated carbocycles. The van der Waals surface area contributed by atoms with Crippen LogP contribution < -0.4 is 0 Å². The Hall–Kier alpha value is -0.990. The SMILES string of the molecule is Cc1cc(F)c(F)c(C(C)C)c1F. The molecule has 0 atom stereocenters. The van der Waals surface area contributed by atoms with Crippen LogP contribution in [0.3, 0.4) is 0 Å². The second-order valence-electron chi connectivity index (χ2n) is 3.37. The van der Waals surface area contributed by atoms with Crippen LogP contribution in [0.1, 0.15) is 30.9 Å². The molecule has 0 fully saturated rings. The van der Waals surface area contributed by atoms with Gasteiger partial charge >= 0.3 is 0 Å². The van der Waals surface area contributed by atoms with Crippen molar-refractivity contribution in [2.45, 2.75) is 26.7 Å². The number of rotatable bonds is 1. The molecule has 1 aromatic carbocycles. The van der Waals surface area contributed by atoms with E-state index >= 15 is 0 Å². The summed E-state index contributed by atoms with van der Waals surface area (Å²) in [4.78, 5) is 0. The smallest absolute Gasteiger partial charge is 0.165 e. The Morgan fingerprint density at radius 3 is 2.08 bits per heavy atom.